The monoisotopic (exact) mass is 602 g/mol. The summed E-state index contributed by atoms with van der Waals surface area (Å²) in [6.45, 7) is 0.274. The molecule has 226 valence electrons. The zero-order valence-corrected chi connectivity index (χ0v) is 21.5. The third-order valence-electron chi connectivity index (χ3n) is 5.84. The molecule has 3 aromatic heterocycles. The molecule has 0 bridgehead atoms. The molecule has 0 saturated heterocycles. The molecule has 9 nitrogen and oxygen atoms in total. The van der Waals surface area contributed by atoms with Crippen molar-refractivity contribution in [1.29, 1.82) is 0 Å². The van der Waals surface area contributed by atoms with Crippen LogP contribution >= 0.6 is 0 Å². The number of alkyl halides is 9. The number of nitrogens with one attached hydrogen (secondary N) is 1. The van der Waals surface area contributed by atoms with Crippen LogP contribution in [0.5, 0.6) is 11.5 Å². The molecule has 41 heavy (non-hydrogen) atoms. The van der Waals surface area contributed by atoms with Crippen molar-refractivity contribution in [3.8, 4) is 22.8 Å². The van der Waals surface area contributed by atoms with Crippen molar-refractivity contribution in [2.45, 2.75) is 50.4 Å². The largest absolute Gasteiger partial charge is 0.494 e. The minimum atomic E-state index is -5.36. The second kappa shape index (κ2) is 11.9. The van der Waals surface area contributed by atoms with Gasteiger partial charge in [-0.05, 0) is 19.4 Å². The van der Waals surface area contributed by atoms with Crippen molar-refractivity contribution >= 4 is 11.7 Å². The predicted molar refractivity (Wildman–Crippen MR) is 124 cm³/mol. The van der Waals surface area contributed by atoms with E-state index in [0.717, 1.165) is 19.2 Å². The van der Waals surface area contributed by atoms with Gasteiger partial charge in [-0.1, -0.05) is 0 Å². The van der Waals surface area contributed by atoms with Gasteiger partial charge in [0.25, 0.3) is 0 Å². The van der Waals surface area contributed by atoms with Crippen LogP contribution in [0.2, 0.25) is 0 Å². The van der Waals surface area contributed by atoms with E-state index in [-0.39, 0.29) is 33.3 Å². The molecule has 0 aromatic carbocycles. The van der Waals surface area contributed by atoms with Gasteiger partial charge < -0.3 is 19.7 Å². The summed E-state index contributed by atoms with van der Waals surface area (Å²) in [6.07, 6.45) is -15.4. The first-order chi connectivity index (χ1) is 19.0. The van der Waals surface area contributed by atoms with E-state index >= 15 is 0 Å². The van der Waals surface area contributed by atoms with E-state index < -0.39 is 61.7 Å². The maximum absolute atomic E-state index is 14.4. The number of nitrogens with zero attached hydrogens (tertiary/aromatic N) is 5. The first kappa shape index (κ1) is 31.5. The van der Waals surface area contributed by atoms with Crippen molar-refractivity contribution < 1.29 is 53.8 Å². The summed E-state index contributed by atoms with van der Waals surface area (Å²) in [7, 11) is 2.53. The van der Waals surface area contributed by atoms with Gasteiger partial charge in [-0.25, -0.2) is 14.3 Å². The Hall–Kier alpha value is -3.99. The van der Waals surface area contributed by atoms with Crippen molar-refractivity contribution in [2.24, 2.45) is 0 Å². The quantitative estimate of drug-likeness (QED) is 0.315. The molecule has 0 aliphatic rings. The standard InChI is InChI=1S/C23H23F9N6O3/c1-4-37(20(39)35-17(22(27,28)29)5-6-21(24,25)26)18(23(30,31)32)14-9-12(16(41-3)11-34-14)13-10-15(40-2)19-33-7-8-38(19)36-13/h7-11,17-18H,4-6H2,1-3H3,(H,35,39). The number of urea groups is 1. The Bertz CT molecular complexity index is 1360. The third-order valence-corrected chi connectivity index (χ3v) is 5.84. The smallest absolute Gasteiger partial charge is 0.414 e. The fourth-order valence-corrected chi connectivity index (χ4v) is 3.95. The number of hydrogen-bond donors (Lipinski definition) is 1. The van der Waals surface area contributed by atoms with Gasteiger partial charge in [-0.15, -0.1) is 0 Å². The molecule has 2 amide bonds. The lowest BCUT2D eigenvalue weighted by atomic mass is 10.1. The molecule has 0 saturated carbocycles. The first-order valence-corrected chi connectivity index (χ1v) is 11.7. The van der Waals surface area contributed by atoms with Crippen molar-refractivity contribution in [1.82, 2.24) is 29.8 Å². The van der Waals surface area contributed by atoms with Gasteiger partial charge in [0.1, 0.15) is 11.8 Å². The highest BCUT2D eigenvalue weighted by atomic mass is 19.4. The van der Waals surface area contributed by atoms with E-state index in [0.29, 0.717) is 0 Å². The number of imidazole rings is 1. The van der Waals surface area contributed by atoms with Crippen LogP contribution in [0.15, 0.2) is 30.7 Å². The van der Waals surface area contributed by atoms with Crippen LogP contribution in [0.4, 0.5) is 44.3 Å². The highest BCUT2D eigenvalue weighted by Crippen LogP contribution is 2.40. The van der Waals surface area contributed by atoms with Crippen LogP contribution in [0.3, 0.4) is 0 Å². The average Bonchev–Trinajstić information content (AvgIpc) is 3.35. The van der Waals surface area contributed by atoms with Gasteiger partial charge in [-0.3, -0.25) is 4.98 Å². The van der Waals surface area contributed by atoms with E-state index in [1.54, 1.807) is 0 Å². The lowest BCUT2D eigenvalue weighted by molar-refractivity contribution is -0.182. The summed E-state index contributed by atoms with van der Waals surface area (Å²) in [4.78, 5) is 20.5. The molecular formula is C23H23F9N6O3. The Morgan fingerprint density at radius 1 is 1.00 bits per heavy atom. The topological polar surface area (TPSA) is 93.9 Å². The number of pyridine rings is 1. The summed E-state index contributed by atoms with van der Waals surface area (Å²) in [5.41, 5.74) is -0.548. The molecule has 3 rings (SSSR count). The normalized spacial score (nSPS) is 14.0. The number of rotatable bonds is 9. The summed E-state index contributed by atoms with van der Waals surface area (Å²) >= 11 is 0. The Balaban J connectivity index is 2.06. The summed E-state index contributed by atoms with van der Waals surface area (Å²) < 4.78 is 133. The van der Waals surface area contributed by atoms with Crippen LogP contribution in [0.25, 0.3) is 16.9 Å². The lowest BCUT2D eigenvalue weighted by Crippen LogP contribution is -2.53. The highest BCUT2D eigenvalue weighted by molar-refractivity contribution is 5.76. The molecule has 0 radical (unpaired) electrons. The Kier molecular flexibility index (Phi) is 9.12. The zero-order valence-electron chi connectivity index (χ0n) is 21.5. The highest BCUT2D eigenvalue weighted by Gasteiger charge is 2.49. The van der Waals surface area contributed by atoms with E-state index in [4.69, 9.17) is 9.47 Å². The van der Waals surface area contributed by atoms with Gasteiger partial charge in [0, 0.05) is 37.0 Å². The molecule has 0 aliphatic carbocycles. The maximum Gasteiger partial charge on any atom is 0.414 e. The fraction of sp³-hybridized carbons (Fsp3) is 0.478. The number of aromatic nitrogens is 4. The molecule has 0 aliphatic heterocycles. The summed E-state index contributed by atoms with van der Waals surface area (Å²) in [5, 5.41) is 5.54. The van der Waals surface area contributed by atoms with Crippen LogP contribution in [-0.4, -0.2) is 75.8 Å². The summed E-state index contributed by atoms with van der Waals surface area (Å²) in [5.74, 6) is 0.153. The fourth-order valence-electron chi connectivity index (χ4n) is 3.95. The van der Waals surface area contributed by atoms with Gasteiger partial charge in [0.2, 0.25) is 0 Å². The van der Waals surface area contributed by atoms with Crippen molar-refractivity contribution in [2.75, 3.05) is 20.8 Å². The van der Waals surface area contributed by atoms with Gasteiger partial charge in [0.15, 0.2) is 17.4 Å². The SMILES string of the molecule is CCN(C(=O)NC(CCC(F)(F)F)C(F)(F)F)C(c1cc(-c2cc(OC)c3nccn3n2)c(OC)cn1)C(F)(F)F. The number of halogens is 9. The van der Waals surface area contributed by atoms with Crippen LogP contribution < -0.4 is 14.8 Å². The van der Waals surface area contributed by atoms with E-state index in [2.05, 4.69) is 15.1 Å². The molecule has 18 heteroatoms. The molecule has 3 aromatic rings. The van der Waals surface area contributed by atoms with Crippen LogP contribution in [0, 0.1) is 0 Å². The number of ether oxygens (including phenoxy) is 2. The zero-order chi connectivity index (χ0) is 30.8. The number of fused-ring (bicyclic) bond motifs is 1. The number of carbonyl (C=O) groups is 1. The summed E-state index contributed by atoms with van der Waals surface area (Å²) in [6, 6.07) is -5.60. The molecule has 3 heterocycles. The average molecular weight is 602 g/mol. The predicted octanol–water partition coefficient (Wildman–Crippen LogP) is 5.72. The number of methoxy groups -OCH3 is 2. The van der Waals surface area contributed by atoms with Gasteiger partial charge in [-0.2, -0.15) is 44.6 Å². The van der Waals surface area contributed by atoms with Crippen LogP contribution in [0.1, 0.15) is 31.5 Å². The molecule has 2 unspecified atom stereocenters. The minimum Gasteiger partial charge on any atom is -0.494 e. The first-order valence-electron chi connectivity index (χ1n) is 11.7. The Morgan fingerprint density at radius 2 is 1.66 bits per heavy atom. The third kappa shape index (κ3) is 7.40. The lowest BCUT2D eigenvalue weighted by Gasteiger charge is -2.34. The van der Waals surface area contributed by atoms with E-state index in [1.165, 1.54) is 42.5 Å². The van der Waals surface area contributed by atoms with Crippen molar-refractivity contribution in [3.05, 3.63) is 36.4 Å². The van der Waals surface area contributed by atoms with Gasteiger partial charge in [0.05, 0.1) is 31.8 Å². The minimum absolute atomic E-state index is 0.00199. The van der Waals surface area contributed by atoms with Crippen molar-refractivity contribution in [3.63, 3.8) is 0 Å². The van der Waals surface area contributed by atoms with Gasteiger partial charge >= 0.3 is 24.6 Å². The molecule has 1 N–H and O–H groups in total. The number of carbonyl (C=O) groups excluding carboxylic acids is 1. The maximum atomic E-state index is 14.4. The number of hydrogen-bond acceptors (Lipinski definition) is 6. The Labute approximate surface area is 226 Å². The Morgan fingerprint density at radius 3 is 2.20 bits per heavy atom. The molecule has 0 spiro atoms. The second-order valence-corrected chi connectivity index (χ2v) is 8.53. The van der Waals surface area contributed by atoms with Crippen LogP contribution in [-0.2, 0) is 0 Å². The number of amides is 2. The molecule has 0 fully saturated rings. The molecular weight excluding hydrogens is 579 g/mol. The molecule has 2 atom stereocenters. The van der Waals surface area contributed by atoms with E-state index in [9.17, 15) is 44.3 Å². The second-order valence-electron chi connectivity index (χ2n) is 8.53. The van der Waals surface area contributed by atoms with E-state index in [1.807, 2.05) is 0 Å².